The summed E-state index contributed by atoms with van der Waals surface area (Å²) in [6.45, 7) is 0.295. The summed E-state index contributed by atoms with van der Waals surface area (Å²) < 4.78 is 1.86. The topological polar surface area (TPSA) is 102 Å². The summed E-state index contributed by atoms with van der Waals surface area (Å²) >= 11 is 0. The Morgan fingerprint density at radius 2 is 1.92 bits per heavy atom. The van der Waals surface area contributed by atoms with Crippen molar-refractivity contribution in [1.82, 2.24) is 9.55 Å². The third-order valence-corrected chi connectivity index (χ3v) is 3.72. The molecule has 1 heterocycles. The molecule has 0 aliphatic rings. The van der Waals surface area contributed by atoms with Gasteiger partial charge in [-0.05, 0) is 30.3 Å². The van der Waals surface area contributed by atoms with E-state index >= 15 is 0 Å². The van der Waals surface area contributed by atoms with Crippen molar-refractivity contribution < 1.29 is 9.72 Å². The number of carbonyl (C=O) groups excluding carboxylic acids is 1. The average molecular weight is 351 g/mol. The van der Waals surface area contributed by atoms with Gasteiger partial charge in [0.05, 0.1) is 11.3 Å². The van der Waals surface area contributed by atoms with E-state index in [1.807, 2.05) is 35.0 Å². The van der Waals surface area contributed by atoms with E-state index in [0.717, 1.165) is 5.69 Å². The minimum atomic E-state index is -0.454. The molecule has 26 heavy (non-hydrogen) atoms. The van der Waals surface area contributed by atoms with E-state index in [0.29, 0.717) is 17.9 Å². The summed E-state index contributed by atoms with van der Waals surface area (Å²) in [6.07, 6.45) is 5.42. The zero-order valence-electron chi connectivity index (χ0n) is 13.8. The number of imidazole rings is 1. The number of nitro benzene ring substituents is 1. The lowest BCUT2D eigenvalue weighted by atomic mass is 10.2. The summed E-state index contributed by atoms with van der Waals surface area (Å²) in [7, 11) is 0. The quantitative estimate of drug-likeness (QED) is 0.503. The van der Waals surface area contributed by atoms with Crippen LogP contribution in [-0.4, -0.2) is 26.9 Å². The van der Waals surface area contributed by atoms with Gasteiger partial charge in [0, 0.05) is 42.8 Å². The number of hydrogen-bond acceptors (Lipinski definition) is 5. The van der Waals surface area contributed by atoms with Crippen LogP contribution in [0.1, 0.15) is 6.42 Å². The molecule has 3 aromatic rings. The number of aromatic nitrogens is 2. The Morgan fingerprint density at radius 3 is 2.62 bits per heavy atom. The van der Waals surface area contributed by atoms with Gasteiger partial charge in [0.25, 0.3) is 5.69 Å². The number of para-hydroxylation sites is 2. The lowest BCUT2D eigenvalue weighted by Gasteiger charge is -2.09. The van der Waals surface area contributed by atoms with E-state index in [2.05, 4.69) is 15.6 Å². The molecule has 0 aliphatic carbocycles. The van der Waals surface area contributed by atoms with Crippen molar-refractivity contribution in [2.45, 2.75) is 6.42 Å². The Balaban J connectivity index is 1.51. The molecule has 1 aromatic heterocycles. The lowest BCUT2D eigenvalue weighted by molar-refractivity contribution is -0.384. The molecule has 8 heteroatoms. The van der Waals surface area contributed by atoms with E-state index in [1.54, 1.807) is 30.7 Å². The number of amides is 1. The highest BCUT2D eigenvalue weighted by Gasteiger charge is 2.12. The molecular formula is C18H17N5O3. The third-order valence-electron chi connectivity index (χ3n) is 3.72. The molecule has 0 unspecified atom stereocenters. The highest BCUT2D eigenvalue weighted by molar-refractivity contribution is 5.91. The van der Waals surface area contributed by atoms with Gasteiger partial charge >= 0.3 is 0 Å². The van der Waals surface area contributed by atoms with Crippen molar-refractivity contribution in [2.24, 2.45) is 0 Å². The maximum atomic E-state index is 12.0. The predicted molar refractivity (Wildman–Crippen MR) is 98.4 cm³/mol. The van der Waals surface area contributed by atoms with Crippen molar-refractivity contribution in [1.29, 1.82) is 0 Å². The van der Waals surface area contributed by atoms with Crippen molar-refractivity contribution in [3.63, 3.8) is 0 Å². The third kappa shape index (κ3) is 4.23. The van der Waals surface area contributed by atoms with Crippen LogP contribution in [0.4, 0.5) is 17.1 Å². The Hall–Kier alpha value is -3.68. The fourth-order valence-corrected chi connectivity index (χ4v) is 2.45. The van der Waals surface area contributed by atoms with Gasteiger partial charge in [0.15, 0.2) is 0 Å². The smallest absolute Gasteiger partial charge is 0.292 e. The summed E-state index contributed by atoms with van der Waals surface area (Å²) in [5.74, 6) is -0.175. The van der Waals surface area contributed by atoms with Crippen molar-refractivity contribution >= 4 is 23.0 Å². The van der Waals surface area contributed by atoms with Crippen LogP contribution in [0.5, 0.6) is 0 Å². The first kappa shape index (κ1) is 17.2. The molecular weight excluding hydrogens is 334 g/mol. The number of anilines is 2. The van der Waals surface area contributed by atoms with Crippen molar-refractivity contribution in [2.75, 3.05) is 17.2 Å². The largest absolute Gasteiger partial charge is 0.379 e. The normalized spacial score (nSPS) is 10.3. The second kappa shape index (κ2) is 7.93. The molecule has 0 radical (unpaired) electrons. The summed E-state index contributed by atoms with van der Waals surface area (Å²) in [4.78, 5) is 26.5. The van der Waals surface area contributed by atoms with Crippen LogP contribution in [0.15, 0.2) is 67.3 Å². The number of rotatable bonds is 7. The van der Waals surface area contributed by atoms with E-state index < -0.39 is 4.92 Å². The Bertz CT molecular complexity index is 891. The molecule has 0 saturated carbocycles. The summed E-state index contributed by atoms with van der Waals surface area (Å²) in [6, 6.07) is 13.7. The van der Waals surface area contributed by atoms with E-state index in [4.69, 9.17) is 0 Å². The highest BCUT2D eigenvalue weighted by atomic mass is 16.6. The molecule has 0 saturated heterocycles. The molecule has 0 aliphatic heterocycles. The molecule has 0 bridgehead atoms. The van der Waals surface area contributed by atoms with Gasteiger partial charge in [-0.2, -0.15) is 0 Å². The Morgan fingerprint density at radius 1 is 1.15 bits per heavy atom. The van der Waals surface area contributed by atoms with Gasteiger partial charge in [-0.3, -0.25) is 14.9 Å². The number of hydrogen-bond donors (Lipinski definition) is 2. The fourth-order valence-electron chi connectivity index (χ4n) is 2.45. The first-order valence-electron chi connectivity index (χ1n) is 7.99. The molecule has 0 atom stereocenters. The Kier molecular flexibility index (Phi) is 5.23. The molecule has 8 nitrogen and oxygen atoms in total. The van der Waals surface area contributed by atoms with E-state index in [1.165, 1.54) is 6.07 Å². The van der Waals surface area contributed by atoms with Crippen molar-refractivity contribution in [3.05, 3.63) is 77.4 Å². The van der Waals surface area contributed by atoms with Crippen LogP contribution in [0.3, 0.4) is 0 Å². The van der Waals surface area contributed by atoms with Gasteiger partial charge in [-0.1, -0.05) is 12.1 Å². The Labute approximate surface area is 149 Å². The average Bonchev–Trinajstić information content (AvgIpc) is 3.17. The lowest BCUT2D eigenvalue weighted by Crippen LogP contribution is -2.16. The predicted octanol–water partition coefficient (Wildman–Crippen LogP) is 3.22. The highest BCUT2D eigenvalue weighted by Crippen LogP contribution is 2.23. The second-order valence-corrected chi connectivity index (χ2v) is 5.52. The molecule has 0 spiro atoms. The van der Waals surface area contributed by atoms with Gasteiger partial charge < -0.3 is 15.2 Å². The summed E-state index contributed by atoms with van der Waals surface area (Å²) in [5, 5.41) is 16.7. The number of benzene rings is 2. The maximum Gasteiger partial charge on any atom is 0.292 e. The number of nitrogens with one attached hydrogen (secondary N) is 2. The standard InChI is InChI=1S/C18H17N5O3/c24-18(9-10-20-16-3-1-2-4-17(16)23(25)26)21-14-5-7-15(8-6-14)22-12-11-19-13-22/h1-8,11-13,20H,9-10H2,(H,21,24). The molecule has 0 fully saturated rings. The first-order valence-corrected chi connectivity index (χ1v) is 7.99. The molecule has 132 valence electrons. The molecule has 2 N–H and O–H groups in total. The van der Waals surface area contributed by atoms with Crippen LogP contribution in [0, 0.1) is 10.1 Å². The van der Waals surface area contributed by atoms with Crippen LogP contribution in [0.2, 0.25) is 0 Å². The van der Waals surface area contributed by atoms with Gasteiger partial charge in [-0.25, -0.2) is 4.98 Å². The van der Waals surface area contributed by atoms with Crippen molar-refractivity contribution in [3.8, 4) is 5.69 Å². The number of nitro groups is 1. The van der Waals surface area contributed by atoms with Crippen LogP contribution < -0.4 is 10.6 Å². The minimum Gasteiger partial charge on any atom is -0.379 e. The van der Waals surface area contributed by atoms with Gasteiger partial charge in [-0.15, -0.1) is 0 Å². The van der Waals surface area contributed by atoms with E-state index in [-0.39, 0.29) is 18.0 Å². The maximum absolute atomic E-state index is 12.0. The SMILES string of the molecule is O=C(CCNc1ccccc1[N+](=O)[O-])Nc1ccc(-n2ccnc2)cc1. The minimum absolute atomic E-state index is 0.0111. The van der Waals surface area contributed by atoms with E-state index in [9.17, 15) is 14.9 Å². The van der Waals surface area contributed by atoms with Crippen LogP contribution >= 0.6 is 0 Å². The first-order chi connectivity index (χ1) is 12.6. The zero-order chi connectivity index (χ0) is 18.4. The van der Waals surface area contributed by atoms with Crippen LogP contribution in [0.25, 0.3) is 5.69 Å². The summed E-state index contributed by atoms with van der Waals surface area (Å²) in [5.41, 5.74) is 2.01. The molecule has 2 aromatic carbocycles. The zero-order valence-corrected chi connectivity index (χ0v) is 13.8. The molecule has 3 rings (SSSR count). The van der Waals surface area contributed by atoms with Gasteiger partial charge in [0.1, 0.15) is 5.69 Å². The van der Waals surface area contributed by atoms with Crippen LogP contribution in [-0.2, 0) is 4.79 Å². The van der Waals surface area contributed by atoms with Gasteiger partial charge in [0.2, 0.25) is 5.91 Å². The monoisotopic (exact) mass is 351 g/mol. The second-order valence-electron chi connectivity index (χ2n) is 5.52. The molecule has 1 amide bonds. The number of carbonyl (C=O) groups is 1. The number of nitrogens with zero attached hydrogens (tertiary/aromatic N) is 3. The fraction of sp³-hybridized carbons (Fsp3) is 0.111.